The summed E-state index contributed by atoms with van der Waals surface area (Å²) in [4.78, 5) is 35.1. The number of likely N-dealkylation sites (tertiary alicyclic amines) is 1. The molecular weight excluding hydrogens is 548 g/mol. The van der Waals surface area contributed by atoms with Gasteiger partial charge in [-0.05, 0) is 42.7 Å². The van der Waals surface area contributed by atoms with Gasteiger partial charge in [-0.2, -0.15) is 0 Å². The number of anilines is 1. The number of ether oxygens (including phenoxy) is 2. The van der Waals surface area contributed by atoms with E-state index < -0.39 is 11.9 Å². The minimum Gasteiger partial charge on any atom is -0.481 e. The number of carbonyl (C=O) groups excluding carboxylic acids is 1. The monoisotopic (exact) mass is 591 g/mol. The van der Waals surface area contributed by atoms with E-state index in [1.54, 1.807) is 6.20 Å². The summed E-state index contributed by atoms with van der Waals surface area (Å²) in [5.41, 5.74) is 2.91. The van der Waals surface area contributed by atoms with Gasteiger partial charge in [-0.25, -0.2) is 4.98 Å². The van der Waals surface area contributed by atoms with Crippen molar-refractivity contribution in [3.05, 3.63) is 71.9 Å². The van der Waals surface area contributed by atoms with Crippen molar-refractivity contribution in [1.29, 1.82) is 0 Å². The molecule has 0 aliphatic carbocycles. The molecule has 43 heavy (non-hydrogen) atoms. The minimum absolute atomic E-state index is 0.0348. The second kappa shape index (κ2) is 13.2. The van der Waals surface area contributed by atoms with Crippen LogP contribution in [0.15, 0.2) is 59.3 Å². The van der Waals surface area contributed by atoms with E-state index in [4.69, 9.17) is 13.9 Å². The van der Waals surface area contributed by atoms with Crippen LogP contribution in [0.1, 0.15) is 49.1 Å². The third-order valence-corrected chi connectivity index (χ3v) is 8.25. The Balaban J connectivity index is 1.43. The van der Waals surface area contributed by atoms with E-state index >= 15 is 0 Å². The van der Waals surface area contributed by atoms with Crippen LogP contribution in [0.5, 0.6) is 11.5 Å². The van der Waals surface area contributed by atoms with Crippen molar-refractivity contribution in [2.75, 3.05) is 52.5 Å². The van der Waals surface area contributed by atoms with E-state index in [0.29, 0.717) is 43.3 Å². The molecule has 1 fully saturated rings. The Kier molecular flexibility index (Phi) is 9.37. The number of aryl methyl sites for hydroxylation is 1. The number of carboxylic acids is 1. The summed E-state index contributed by atoms with van der Waals surface area (Å²) >= 11 is 0. The number of oxazole rings is 1. The van der Waals surface area contributed by atoms with Crippen molar-refractivity contribution in [1.82, 2.24) is 9.88 Å². The number of hydrogen-bond donors (Lipinski definition) is 1. The first kappa shape index (κ1) is 30.6. The fourth-order valence-corrected chi connectivity index (χ4v) is 6.33. The average molecular weight is 592 g/mol. The van der Waals surface area contributed by atoms with E-state index in [1.165, 1.54) is 6.26 Å². The Bertz CT molecular complexity index is 1400. The molecule has 2 aliphatic rings. The largest absolute Gasteiger partial charge is 0.481 e. The number of amides is 1. The molecule has 0 saturated carbocycles. The van der Waals surface area contributed by atoms with Gasteiger partial charge in [0.15, 0.2) is 17.4 Å². The SMILES string of the molecule is CCCCN(C(=O)CN1C[C@H](c2ccc3c(c2)OCO3)C(C(=O)O)[C@@H]1CCc1ncco1)c1cccc(C[N+](C)(C)C)c1. The molecule has 10 heteroatoms. The van der Waals surface area contributed by atoms with E-state index in [2.05, 4.69) is 45.2 Å². The predicted octanol–water partition coefficient (Wildman–Crippen LogP) is 4.54. The molecule has 1 N–H and O–H groups in total. The number of rotatable bonds is 13. The van der Waals surface area contributed by atoms with Crippen LogP contribution in [0, 0.1) is 5.92 Å². The molecule has 3 aromatic rings. The number of unbranched alkanes of at least 4 members (excludes halogenated alkanes) is 1. The third-order valence-electron chi connectivity index (χ3n) is 8.25. The molecule has 1 saturated heterocycles. The molecule has 1 amide bonds. The van der Waals surface area contributed by atoms with Crippen LogP contribution < -0.4 is 14.4 Å². The highest BCUT2D eigenvalue weighted by atomic mass is 16.7. The molecule has 0 spiro atoms. The quantitative estimate of drug-likeness (QED) is 0.289. The molecule has 3 atom stereocenters. The fourth-order valence-electron chi connectivity index (χ4n) is 6.33. The van der Waals surface area contributed by atoms with Gasteiger partial charge in [0.1, 0.15) is 12.8 Å². The van der Waals surface area contributed by atoms with Gasteiger partial charge < -0.3 is 28.4 Å². The average Bonchev–Trinajstić information content (AvgIpc) is 3.71. The molecule has 1 unspecified atom stereocenters. The summed E-state index contributed by atoms with van der Waals surface area (Å²) in [6.07, 6.45) is 5.92. The second-order valence-corrected chi connectivity index (χ2v) is 12.6. The fraction of sp³-hybridized carbons (Fsp3) is 0.485. The Hall–Kier alpha value is -3.89. The van der Waals surface area contributed by atoms with E-state index in [9.17, 15) is 14.7 Å². The first-order valence-electron chi connectivity index (χ1n) is 15.1. The van der Waals surface area contributed by atoms with Gasteiger partial charge in [0.25, 0.3) is 0 Å². The first-order valence-corrected chi connectivity index (χ1v) is 15.1. The lowest BCUT2D eigenvalue weighted by atomic mass is 9.83. The standard InChI is InChI=1S/C33H42N4O6/c1-5-6-15-36(25-9-7-8-23(17-25)21-37(2,3)4)31(38)20-35-19-26(24-10-12-28-29(18-24)43-22-42-28)32(33(39)40)27(35)11-13-30-34-14-16-41-30/h7-10,12,14,16-18,26-27,32H,5-6,11,13,15,19-22H2,1-4H3/p+1/t26-,27+,32?/m1/s1. The Labute approximate surface area is 253 Å². The maximum absolute atomic E-state index is 14.1. The number of nitrogens with zero attached hydrogens (tertiary/aromatic N) is 4. The zero-order chi connectivity index (χ0) is 30.6. The summed E-state index contributed by atoms with van der Waals surface area (Å²) in [6.45, 7) is 4.26. The van der Waals surface area contributed by atoms with Gasteiger partial charge in [0.05, 0.1) is 39.8 Å². The molecule has 5 rings (SSSR count). The molecule has 2 aromatic carbocycles. The van der Waals surface area contributed by atoms with Crippen LogP contribution >= 0.6 is 0 Å². The van der Waals surface area contributed by atoms with Gasteiger partial charge in [-0.3, -0.25) is 14.5 Å². The van der Waals surface area contributed by atoms with Crippen molar-refractivity contribution < 1.29 is 33.1 Å². The molecule has 10 nitrogen and oxygen atoms in total. The Morgan fingerprint density at radius 1 is 1.12 bits per heavy atom. The molecular formula is C33H43N4O6+. The third kappa shape index (κ3) is 7.37. The zero-order valence-electron chi connectivity index (χ0n) is 25.6. The summed E-state index contributed by atoms with van der Waals surface area (Å²) in [5, 5.41) is 10.5. The van der Waals surface area contributed by atoms with E-state index in [0.717, 1.165) is 40.7 Å². The molecule has 0 bridgehead atoms. The Morgan fingerprint density at radius 3 is 2.65 bits per heavy atom. The molecule has 230 valence electrons. The van der Waals surface area contributed by atoms with Crippen molar-refractivity contribution in [2.45, 2.75) is 51.1 Å². The highest BCUT2D eigenvalue weighted by molar-refractivity contribution is 5.95. The molecule has 3 heterocycles. The second-order valence-electron chi connectivity index (χ2n) is 12.6. The predicted molar refractivity (Wildman–Crippen MR) is 162 cm³/mol. The van der Waals surface area contributed by atoms with Crippen molar-refractivity contribution in [3.63, 3.8) is 0 Å². The van der Waals surface area contributed by atoms with Crippen LogP contribution in [0.2, 0.25) is 0 Å². The minimum atomic E-state index is -0.883. The number of fused-ring (bicyclic) bond motifs is 1. The number of benzene rings is 2. The van der Waals surface area contributed by atoms with Crippen molar-refractivity contribution in [3.8, 4) is 11.5 Å². The lowest BCUT2D eigenvalue weighted by molar-refractivity contribution is -0.884. The lowest BCUT2D eigenvalue weighted by Gasteiger charge is -2.30. The summed E-state index contributed by atoms with van der Waals surface area (Å²) in [7, 11) is 6.44. The lowest BCUT2D eigenvalue weighted by Crippen LogP contribution is -2.44. The topological polar surface area (TPSA) is 105 Å². The number of carboxylic acid groups (broad SMARTS) is 1. The van der Waals surface area contributed by atoms with Crippen LogP contribution in [-0.2, 0) is 22.6 Å². The summed E-state index contributed by atoms with van der Waals surface area (Å²) < 4.78 is 17.3. The molecule has 2 aliphatic heterocycles. The van der Waals surface area contributed by atoms with E-state index in [1.807, 2.05) is 40.1 Å². The van der Waals surface area contributed by atoms with Crippen molar-refractivity contribution >= 4 is 17.6 Å². The van der Waals surface area contributed by atoms with Gasteiger partial charge in [0.2, 0.25) is 12.7 Å². The molecule has 0 radical (unpaired) electrons. The summed E-state index contributed by atoms with van der Waals surface area (Å²) in [5.74, 6) is -0.141. The number of aliphatic carboxylic acids is 1. The van der Waals surface area contributed by atoms with Crippen LogP contribution in [0.3, 0.4) is 0 Å². The highest BCUT2D eigenvalue weighted by Crippen LogP contribution is 2.43. The van der Waals surface area contributed by atoms with Crippen molar-refractivity contribution in [2.24, 2.45) is 5.92 Å². The number of aromatic nitrogens is 1. The first-order chi connectivity index (χ1) is 20.6. The Morgan fingerprint density at radius 2 is 1.93 bits per heavy atom. The van der Waals surface area contributed by atoms with E-state index in [-0.39, 0.29) is 31.2 Å². The van der Waals surface area contributed by atoms with Gasteiger partial charge >= 0.3 is 5.97 Å². The van der Waals surface area contributed by atoms with Gasteiger partial charge in [-0.1, -0.05) is 31.5 Å². The zero-order valence-corrected chi connectivity index (χ0v) is 25.6. The number of carbonyl (C=O) groups is 2. The highest BCUT2D eigenvalue weighted by Gasteiger charge is 2.47. The van der Waals surface area contributed by atoms with Crippen LogP contribution in [0.4, 0.5) is 5.69 Å². The van der Waals surface area contributed by atoms with Crippen LogP contribution in [0.25, 0.3) is 0 Å². The smallest absolute Gasteiger partial charge is 0.308 e. The summed E-state index contributed by atoms with van der Waals surface area (Å²) in [6, 6.07) is 13.5. The van der Waals surface area contributed by atoms with Gasteiger partial charge in [-0.15, -0.1) is 0 Å². The normalized spacial score (nSPS) is 20.0. The van der Waals surface area contributed by atoms with Crippen LogP contribution in [-0.4, -0.2) is 85.0 Å². The maximum Gasteiger partial charge on any atom is 0.308 e. The number of quaternary nitrogens is 1. The van der Waals surface area contributed by atoms with Gasteiger partial charge in [0, 0.05) is 42.7 Å². The molecule has 1 aromatic heterocycles. The number of hydrogen-bond acceptors (Lipinski definition) is 7. The maximum atomic E-state index is 14.1.